The lowest BCUT2D eigenvalue weighted by Crippen LogP contribution is -2.18. The van der Waals surface area contributed by atoms with Gasteiger partial charge in [0.2, 0.25) is 5.91 Å². The summed E-state index contributed by atoms with van der Waals surface area (Å²) in [7, 11) is 4.01. The van der Waals surface area contributed by atoms with Crippen molar-refractivity contribution in [3.8, 4) is 11.5 Å². The monoisotopic (exact) mass is 341 g/mol. The van der Waals surface area contributed by atoms with Crippen molar-refractivity contribution in [2.75, 3.05) is 49.4 Å². The number of carbonyl (C=O) groups is 1. The highest BCUT2D eigenvalue weighted by atomic mass is 16.6. The minimum absolute atomic E-state index is 0.0471. The number of anilines is 3. The highest BCUT2D eigenvalue weighted by molar-refractivity contribution is 5.91. The fourth-order valence-electron chi connectivity index (χ4n) is 2.54. The molecule has 0 fully saturated rings. The van der Waals surface area contributed by atoms with Crippen LogP contribution in [0.4, 0.5) is 17.1 Å². The number of benzene rings is 2. The highest BCUT2D eigenvalue weighted by Crippen LogP contribution is 2.32. The van der Waals surface area contributed by atoms with Crippen LogP contribution >= 0.6 is 0 Å². The molecule has 0 spiro atoms. The van der Waals surface area contributed by atoms with E-state index in [4.69, 9.17) is 9.47 Å². The molecular weight excluding hydrogens is 318 g/mol. The van der Waals surface area contributed by atoms with Crippen molar-refractivity contribution in [3.05, 3.63) is 42.5 Å². The third-order valence-electron chi connectivity index (χ3n) is 3.89. The first-order valence-electron chi connectivity index (χ1n) is 8.32. The van der Waals surface area contributed by atoms with Crippen molar-refractivity contribution < 1.29 is 14.3 Å². The van der Waals surface area contributed by atoms with Crippen LogP contribution in [-0.4, -0.2) is 39.8 Å². The largest absolute Gasteiger partial charge is 0.486 e. The van der Waals surface area contributed by atoms with E-state index < -0.39 is 0 Å². The molecule has 0 aromatic heterocycles. The van der Waals surface area contributed by atoms with Gasteiger partial charge in [0.15, 0.2) is 11.5 Å². The van der Waals surface area contributed by atoms with E-state index >= 15 is 0 Å². The summed E-state index contributed by atoms with van der Waals surface area (Å²) in [6.45, 7) is 1.65. The molecule has 2 N–H and O–H groups in total. The second-order valence-corrected chi connectivity index (χ2v) is 6.02. The number of fused-ring (bicyclic) bond motifs is 1. The van der Waals surface area contributed by atoms with E-state index in [1.165, 1.54) is 0 Å². The maximum absolute atomic E-state index is 12.1. The number of amides is 1. The van der Waals surface area contributed by atoms with Crippen molar-refractivity contribution >= 4 is 23.0 Å². The molecule has 132 valence electrons. The molecule has 1 heterocycles. The van der Waals surface area contributed by atoms with Gasteiger partial charge in [-0.2, -0.15) is 0 Å². The fourth-order valence-corrected chi connectivity index (χ4v) is 2.54. The Morgan fingerprint density at radius 3 is 2.40 bits per heavy atom. The van der Waals surface area contributed by atoms with Crippen LogP contribution < -0.4 is 25.0 Å². The van der Waals surface area contributed by atoms with Gasteiger partial charge in [0.1, 0.15) is 13.2 Å². The zero-order valence-corrected chi connectivity index (χ0v) is 14.5. The van der Waals surface area contributed by atoms with Crippen molar-refractivity contribution in [2.24, 2.45) is 0 Å². The van der Waals surface area contributed by atoms with E-state index in [1.807, 2.05) is 55.4 Å². The summed E-state index contributed by atoms with van der Waals surface area (Å²) in [6.07, 6.45) is 0.379. The first-order chi connectivity index (χ1) is 12.1. The molecule has 0 aliphatic carbocycles. The SMILES string of the molecule is CN(C)c1ccc(NCCC(=O)Nc2ccc3c(c2)OCCO3)cc1. The highest BCUT2D eigenvalue weighted by Gasteiger charge is 2.12. The lowest BCUT2D eigenvalue weighted by Gasteiger charge is -2.19. The molecule has 0 radical (unpaired) electrons. The number of hydrogen-bond acceptors (Lipinski definition) is 5. The predicted molar refractivity (Wildman–Crippen MR) is 99.9 cm³/mol. The van der Waals surface area contributed by atoms with E-state index in [9.17, 15) is 4.79 Å². The van der Waals surface area contributed by atoms with Gasteiger partial charge in [0.25, 0.3) is 0 Å². The number of carbonyl (C=O) groups excluding carboxylic acids is 1. The van der Waals surface area contributed by atoms with Crippen LogP contribution in [0.1, 0.15) is 6.42 Å². The summed E-state index contributed by atoms with van der Waals surface area (Å²) in [5, 5.41) is 6.13. The molecule has 0 unspecified atom stereocenters. The van der Waals surface area contributed by atoms with Gasteiger partial charge in [-0.15, -0.1) is 0 Å². The van der Waals surface area contributed by atoms with Gasteiger partial charge in [-0.05, 0) is 36.4 Å². The lowest BCUT2D eigenvalue weighted by molar-refractivity contribution is -0.115. The second-order valence-electron chi connectivity index (χ2n) is 6.02. The Bertz CT molecular complexity index is 729. The third kappa shape index (κ3) is 4.56. The molecule has 6 heteroatoms. The van der Waals surface area contributed by atoms with Gasteiger partial charge in [-0.1, -0.05) is 0 Å². The minimum atomic E-state index is -0.0471. The summed E-state index contributed by atoms with van der Waals surface area (Å²) in [5.41, 5.74) is 2.85. The molecule has 0 saturated carbocycles. The molecule has 1 aliphatic rings. The molecule has 0 saturated heterocycles. The summed E-state index contributed by atoms with van der Waals surface area (Å²) >= 11 is 0. The summed E-state index contributed by atoms with van der Waals surface area (Å²) in [4.78, 5) is 14.1. The number of nitrogens with one attached hydrogen (secondary N) is 2. The van der Waals surface area contributed by atoms with Crippen LogP contribution in [0.3, 0.4) is 0 Å². The number of hydrogen-bond donors (Lipinski definition) is 2. The van der Waals surface area contributed by atoms with E-state index in [-0.39, 0.29) is 5.91 Å². The van der Waals surface area contributed by atoms with Crippen LogP contribution in [-0.2, 0) is 4.79 Å². The Balaban J connectivity index is 1.46. The quantitative estimate of drug-likeness (QED) is 0.846. The Kier molecular flexibility index (Phi) is 5.28. The molecule has 3 rings (SSSR count). The summed E-state index contributed by atoms with van der Waals surface area (Å²) in [6, 6.07) is 13.5. The molecule has 6 nitrogen and oxygen atoms in total. The molecule has 25 heavy (non-hydrogen) atoms. The molecule has 1 amide bonds. The van der Waals surface area contributed by atoms with E-state index in [0.717, 1.165) is 11.4 Å². The predicted octanol–water partition coefficient (Wildman–Crippen LogP) is 2.96. The number of ether oxygens (including phenoxy) is 2. The Morgan fingerprint density at radius 2 is 1.68 bits per heavy atom. The average Bonchev–Trinajstić information content (AvgIpc) is 2.62. The van der Waals surface area contributed by atoms with Gasteiger partial charge in [-0.3, -0.25) is 4.79 Å². The van der Waals surface area contributed by atoms with Gasteiger partial charge in [0.05, 0.1) is 0 Å². The average molecular weight is 341 g/mol. The topological polar surface area (TPSA) is 62.8 Å². The number of rotatable bonds is 6. The van der Waals surface area contributed by atoms with Crippen molar-refractivity contribution in [3.63, 3.8) is 0 Å². The number of nitrogens with zero attached hydrogens (tertiary/aromatic N) is 1. The molecule has 0 bridgehead atoms. The van der Waals surface area contributed by atoms with E-state index in [1.54, 1.807) is 6.07 Å². The summed E-state index contributed by atoms with van der Waals surface area (Å²) < 4.78 is 11.0. The van der Waals surface area contributed by atoms with Gasteiger partial charge >= 0.3 is 0 Å². The normalized spacial score (nSPS) is 12.4. The Morgan fingerprint density at radius 1 is 1.00 bits per heavy atom. The van der Waals surface area contributed by atoms with E-state index in [0.29, 0.717) is 43.4 Å². The summed E-state index contributed by atoms with van der Waals surface area (Å²) in [5.74, 6) is 1.34. The van der Waals surface area contributed by atoms with Crippen LogP contribution in [0.15, 0.2) is 42.5 Å². The van der Waals surface area contributed by atoms with Crippen LogP contribution in [0.2, 0.25) is 0 Å². The molecule has 0 atom stereocenters. The molecule has 2 aromatic rings. The smallest absolute Gasteiger partial charge is 0.226 e. The zero-order chi connectivity index (χ0) is 17.6. The minimum Gasteiger partial charge on any atom is -0.486 e. The third-order valence-corrected chi connectivity index (χ3v) is 3.89. The first-order valence-corrected chi connectivity index (χ1v) is 8.32. The second kappa shape index (κ2) is 7.79. The molecule has 1 aliphatic heterocycles. The maximum atomic E-state index is 12.1. The van der Waals surface area contributed by atoms with Crippen LogP contribution in [0, 0.1) is 0 Å². The first kappa shape index (κ1) is 17.0. The van der Waals surface area contributed by atoms with Crippen LogP contribution in [0.25, 0.3) is 0 Å². The van der Waals surface area contributed by atoms with Crippen molar-refractivity contribution in [1.82, 2.24) is 0 Å². The van der Waals surface area contributed by atoms with Crippen molar-refractivity contribution in [1.29, 1.82) is 0 Å². The molecule has 2 aromatic carbocycles. The molecular formula is C19H23N3O3. The standard InChI is InChI=1S/C19H23N3O3/c1-22(2)16-6-3-14(4-7-16)20-10-9-19(23)21-15-5-8-17-18(13-15)25-12-11-24-17/h3-8,13,20H,9-12H2,1-2H3,(H,21,23). The fraction of sp³-hybridized carbons (Fsp3) is 0.316. The zero-order valence-electron chi connectivity index (χ0n) is 14.5. The van der Waals surface area contributed by atoms with Crippen LogP contribution in [0.5, 0.6) is 11.5 Å². The Labute approximate surface area is 147 Å². The van der Waals surface area contributed by atoms with E-state index in [2.05, 4.69) is 10.6 Å². The van der Waals surface area contributed by atoms with Gasteiger partial charge in [0, 0.05) is 50.2 Å². The maximum Gasteiger partial charge on any atom is 0.226 e. The van der Waals surface area contributed by atoms with Gasteiger partial charge in [-0.25, -0.2) is 0 Å². The Hall–Kier alpha value is -2.89. The van der Waals surface area contributed by atoms with Gasteiger partial charge < -0.3 is 25.0 Å². The van der Waals surface area contributed by atoms with Crippen molar-refractivity contribution in [2.45, 2.75) is 6.42 Å². The lowest BCUT2D eigenvalue weighted by atomic mass is 10.2.